The summed E-state index contributed by atoms with van der Waals surface area (Å²) in [6.45, 7) is 4.08. The predicted molar refractivity (Wildman–Crippen MR) is 133 cm³/mol. The summed E-state index contributed by atoms with van der Waals surface area (Å²) in [6.07, 6.45) is 2.11. The number of benzene rings is 2. The second-order valence-electron chi connectivity index (χ2n) is 8.50. The number of amides is 2. The monoisotopic (exact) mass is 478 g/mol. The van der Waals surface area contributed by atoms with Gasteiger partial charge in [0.15, 0.2) is 0 Å². The molecule has 1 aliphatic rings. The van der Waals surface area contributed by atoms with E-state index in [2.05, 4.69) is 10.4 Å². The molecule has 0 bridgehead atoms. The van der Waals surface area contributed by atoms with Crippen molar-refractivity contribution in [2.75, 3.05) is 25.5 Å². The van der Waals surface area contributed by atoms with Crippen LogP contribution in [0.3, 0.4) is 0 Å². The maximum Gasteiger partial charge on any atom is 0.257 e. The van der Waals surface area contributed by atoms with E-state index in [0.29, 0.717) is 17.2 Å². The molecule has 2 aromatic carbocycles. The van der Waals surface area contributed by atoms with Crippen LogP contribution in [0.2, 0.25) is 5.02 Å². The first-order valence-corrected chi connectivity index (χ1v) is 11.4. The van der Waals surface area contributed by atoms with Gasteiger partial charge in [0, 0.05) is 17.1 Å². The fourth-order valence-corrected chi connectivity index (χ4v) is 4.07. The van der Waals surface area contributed by atoms with E-state index in [4.69, 9.17) is 16.0 Å². The van der Waals surface area contributed by atoms with Crippen molar-refractivity contribution in [1.29, 1.82) is 0 Å². The molecule has 2 amide bonds. The molecular weight excluding hydrogens is 452 g/mol. The van der Waals surface area contributed by atoms with Gasteiger partial charge in [-0.2, -0.15) is 5.10 Å². The minimum Gasteiger partial charge on any atom is -0.467 e. The van der Waals surface area contributed by atoms with Crippen LogP contribution in [0.4, 0.5) is 5.69 Å². The zero-order valence-electron chi connectivity index (χ0n) is 19.4. The van der Waals surface area contributed by atoms with Gasteiger partial charge in [-0.15, -0.1) is 0 Å². The lowest BCUT2D eigenvalue weighted by molar-refractivity contribution is -0.134. The Kier molecular flexibility index (Phi) is 7.14. The molecule has 7 nitrogen and oxygen atoms in total. The Morgan fingerprint density at radius 3 is 2.59 bits per heavy atom. The summed E-state index contributed by atoms with van der Waals surface area (Å²) in [5.41, 5.74) is 4.59. The summed E-state index contributed by atoms with van der Waals surface area (Å²) >= 11 is 6.02. The first kappa shape index (κ1) is 23.7. The Balaban J connectivity index is 1.44. The molecule has 8 heteroatoms. The molecule has 1 unspecified atom stereocenters. The molecule has 0 saturated carbocycles. The molecule has 176 valence electrons. The van der Waals surface area contributed by atoms with Crippen LogP contribution in [0.1, 0.15) is 34.9 Å². The van der Waals surface area contributed by atoms with Crippen molar-refractivity contribution in [3.8, 4) is 0 Å². The number of hydrogen-bond donors (Lipinski definition) is 1. The van der Waals surface area contributed by atoms with Gasteiger partial charge in [-0.1, -0.05) is 35.9 Å². The number of likely N-dealkylation sites (N-methyl/N-ethyl adjacent to an activating group) is 1. The normalized spacial score (nSPS) is 15.5. The number of nitrogens with zero attached hydrogens (tertiary/aromatic N) is 3. The molecule has 0 aliphatic carbocycles. The minimum absolute atomic E-state index is 0.0365. The van der Waals surface area contributed by atoms with Gasteiger partial charge < -0.3 is 9.73 Å². The highest BCUT2D eigenvalue weighted by atomic mass is 35.5. The number of halogens is 1. The summed E-state index contributed by atoms with van der Waals surface area (Å²) in [6, 6.07) is 16.4. The van der Waals surface area contributed by atoms with Gasteiger partial charge in [0.05, 0.1) is 25.1 Å². The van der Waals surface area contributed by atoms with Crippen LogP contribution in [-0.2, 0) is 9.59 Å². The van der Waals surface area contributed by atoms with E-state index in [0.717, 1.165) is 28.1 Å². The fraction of sp³-hybridized carbons (Fsp3) is 0.269. The molecule has 0 saturated heterocycles. The summed E-state index contributed by atoms with van der Waals surface area (Å²) in [5, 5.41) is 9.64. The largest absolute Gasteiger partial charge is 0.467 e. The van der Waals surface area contributed by atoms with Gasteiger partial charge in [0.2, 0.25) is 5.91 Å². The topological polar surface area (TPSA) is 78.2 Å². The quantitative estimate of drug-likeness (QED) is 0.529. The molecule has 34 heavy (non-hydrogen) atoms. The lowest BCUT2D eigenvalue weighted by atomic mass is 10.0. The highest BCUT2D eigenvalue weighted by Crippen LogP contribution is 2.33. The van der Waals surface area contributed by atoms with Gasteiger partial charge in [-0.25, -0.2) is 5.01 Å². The predicted octanol–water partition coefficient (Wildman–Crippen LogP) is 4.80. The molecule has 1 N–H and O–H groups in total. The molecule has 0 fully saturated rings. The Morgan fingerprint density at radius 1 is 1.12 bits per heavy atom. The van der Waals surface area contributed by atoms with Crippen molar-refractivity contribution in [2.24, 2.45) is 5.10 Å². The molecule has 4 rings (SSSR count). The molecule has 1 aromatic heterocycles. The number of carbonyl (C=O) groups is 2. The van der Waals surface area contributed by atoms with Gasteiger partial charge in [-0.3, -0.25) is 14.5 Å². The van der Waals surface area contributed by atoms with Gasteiger partial charge in [-0.05, 0) is 67.9 Å². The highest BCUT2D eigenvalue weighted by molar-refractivity contribution is 6.30. The van der Waals surface area contributed by atoms with E-state index in [1.54, 1.807) is 36.4 Å². The Labute approximate surface area is 204 Å². The molecule has 0 spiro atoms. The summed E-state index contributed by atoms with van der Waals surface area (Å²) in [7, 11) is 1.74. The van der Waals surface area contributed by atoms with Crippen LogP contribution < -0.4 is 5.32 Å². The van der Waals surface area contributed by atoms with E-state index in [9.17, 15) is 9.59 Å². The molecule has 1 aliphatic heterocycles. The van der Waals surface area contributed by atoms with Crippen molar-refractivity contribution >= 4 is 34.8 Å². The Morgan fingerprint density at radius 2 is 1.88 bits per heavy atom. The van der Waals surface area contributed by atoms with E-state index < -0.39 is 0 Å². The number of carbonyl (C=O) groups excluding carboxylic acids is 2. The van der Waals surface area contributed by atoms with E-state index >= 15 is 0 Å². The number of hydrazone groups is 1. The SMILES string of the molecule is Cc1cccc(NC(=O)CN(C)CC(=O)N2N=C(c3ccc(Cl)cc3)CC2c2ccco2)c1C. The fourth-order valence-electron chi connectivity index (χ4n) is 3.94. The van der Waals surface area contributed by atoms with Crippen molar-refractivity contribution < 1.29 is 14.0 Å². The number of hydrogen-bond acceptors (Lipinski definition) is 5. The van der Waals surface area contributed by atoms with Gasteiger partial charge >= 0.3 is 0 Å². The van der Waals surface area contributed by atoms with Crippen molar-refractivity contribution in [3.05, 3.63) is 88.3 Å². The summed E-state index contributed by atoms with van der Waals surface area (Å²) < 4.78 is 5.59. The lowest BCUT2D eigenvalue weighted by Gasteiger charge is -2.23. The standard InChI is InChI=1S/C26H27ClN4O3/c1-17-6-4-7-21(18(17)2)28-25(32)15-30(3)16-26(33)31-23(24-8-5-13-34-24)14-22(29-31)19-9-11-20(27)12-10-19/h4-13,23H,14-16H2,1-3H3,(H,28,32). The summed E-state index contributed by atoms with van der Waals surface area (Å²) in [4.78, 5) is 27.5. The van der Waals surface area contributed by atoms with Crippen LogP contribution in [0.5, 0.6) is 0 Å². The molecule has 3 aromatic rings. The Bertz CT molecular complexity index is 1210. The first-order chi connectivity index (χ1) is 16.3. The van der Waals surface area contributed by atoms with Crippen molar-refractivity contribution in [1.82, 2.24) is 9.91 Å². The van der Waals surface area contributed by atoms with E-state index in [1.807, 2.05) is 50.2 Å². The molecular formula is C26H27ClN4O3. The third-order valence-corrected chi connectivity index (χ3v) is 6.16. The number of anilines is 1. The van der Waals surface area contributed by atoms with Crippen molar-refractivity contribution in [2.45, 2.75) is 26.3 Å². The van der Waals surface area contributed by atoms with Crippen LogP contribution in [0.15, 0.2) is 70.4 Å². The van der Waals surface area contributed by atoms with E-state index in [1.165, 1.54) is 5.01 Å². The average molecular weight is 479 g/mol. The van der Waals surface area contributed by atoms with Crippen LogP contribution in [0, 0.1) is 13.8 Å². The molecule has 2 heterocycles. The second-order valence-corrected chi connectivity index (χ2v) is 8.93. The van der Waals surface area contributed by atoms with Crippen LogP contribution in [-0.4, -0.2) is 47.6 Å². The Hall–Kier alpha value is -3.42. The molecule has 0 radical (unpaired) electrons. The maximum absolute atomic E-state index is 13.2. The zero-order chi connectivity index (χ0) is 24.2. The van der Waals surface area contributed by atoms with Crippen LogP contribution in [0.25, 0.3) is 0 Å². The third-order valence-electron chi connectivity index (χ3n) is 5.91. The zero-order valence-corrected chi connectivity index (χ0v) is 20.2. The first-order valence-electron chi connectivity index (χ1n) is 11.1. The van der Waals surface area contributed by atoms with Gasteiger partial charge in [0.1, 0.15) is 11.8 Å². The summed E-state index contributed by atoms with van der Waals surface area (Å²) in [5.74, 6) is 0.266. The minimum atomic E-state index is -0.342. The second kappa shape index (κ2) is 10.2. The number of furan rings is 1. The highest BCUT2D eigenvalue weighted by Gasteiger charge is 2.35. The molecule has 1 atom stereocenters. The van der Waals surface area contributed by atoms with Crippen LogP contribution >= 0.6 is 11.6 Å². The van der Waals surface area contributed by atoms with E-state index in [-0.39, 0.29) is 30.9 Å². The lowest BCUT2D eigenvalue weighted by Crippen LogP contribution is -2.39. The smallest absolute Gasteiger partial charge is 0.257 e. The average Bonchev–Trinajstić information content (AvgIpc) is 3.47. The number of rotatable bonds is 7. The number of nitrogens with one attached hydrogen (secondary N) is 1. The maximum atomic E-state index is 13.2. The van der Waals surface area contributed by atoms with Gasteiger partial charge in [0.25, 0.3) is 5.91 Å². The number of aryl methyl sites for hydroxylation is 1. The third kappa shape index (κ3) is 5.38. The van der Waals surface area contributed by atoms with Crippen molar-refractivity contribution in [3.63, 3.8) is 0 Å².